The van der Waals surface area contributed by atoms with Gasteiger partial charge in [0, 0.05) is 12.0 Å². The molecule has 3 nitrogen and oxygen atoms in total. The van der Waals surface area contributed by atoms with Crippen LogP contribution in [-0.2, 0) is 5.41 Å². The number of rotatable bonds is 6. The molecule has 20 heavy (non-hydrogen) atoms. The highest BCUT2D eigenvalue weighted by molar-refractivity contribution is 5.46. The Morgan fingerprint density at radius 1 is 1.25 bits per heavy atom. The molecule has 0 aromatic heterocycles. The molecule has 0 amide bonds. The Hall–Kier alpha value is -1.22. The largest absolute Gasteiger partial charge is 0.493 e. The topological polar surface area (TPSA) is 30.5 Å². The van der Waals surface area contributed by atoms with Gasteiger partial charge in [-0.05, 0) is 43.0 Å². The summed E-state index contributed by atoms with van der Waals surface area (Å²) in [5, 5.41) is 3.55. The summed E-state index contributed by atoms with van der Waals surface area (Å²) >= 11 is 0. The fraction of sp³-hybridized carbons (Fsp3) is 0.647. The minimum Gasteiger partial charge on any atom is -0.493 e. The van der Waals surface area contributed by atoms with Crippen LogP contribution in [0.15, 0.2) is 18.2 Å². The van der Waals surface area contributed by atoms with Crippen LogP contribution in [0.4, 0.5) is 0 Å². The zero-order valence-corrected chi connectivity index (χ0v) is 13.2. The quantitative estimate of drug-likeness (QED) is 0.865. The van der Waals surface area contributed by atoms with Gasteiger partial charge in [-0.3, -0.25) is 0 Å². The maximum absolute atomic E-state index is 5.48. The fourth-order valence-electron chi connectivity index (χ4n) is 3.53. The number of hydrogen-bond donors (Lipinski definition) is 1. The van der Waals surface area contributed by atoms with Gasteiger partial charge in [0.15, 0.2) is 11.5 Å². The van der Waals surface area contributed by atoms with Gasteiger partial charge in [0.25, 0.3) is 0 Å². The average molecular weight is 277 g/mol. The highest BCUT2D eigenvalue weighted by atomic mass is 16.5. The van der Waals surface area contributed by atoms with E-state index in [4.69, 9.17) is 9.47 Å². The third-order valence-electron chi connectivity index (χ3n) is 4.85. The molecule has 2 rings (SSSR count). The monoisotopic (exact) mass is 277 g/mol. The first kappa shape index (κ1) is 15.2. The molecule has 0 spiro atoms. The molecule has 2 unspecified atom stereocenters. The van der Waals surface area contributed by atoms with E-state index in [1.807, 2.05) is 6.07 Å². The van der Waals surface area contributed by atoms with Crippen molar-refractivity contribution in [3.8, 4) is 11.5 Å². The Morgan fingerprint density at radius 3 is 2.55 bits per heavy atom. The van der Waals surface area contributed by atoms with Crippen molar-refractivity contribution in [1.29, 1.82) is 0 Å². The van der Waals surface area contributed by atoms with Crippen LogP contribution >= 0.6 is 0 Å². The second kappa shape index (κ2) is 6.49. The van der Waals surface area contributed by atoms with Gasteiger partial charge < -0.3 is 14.8 Å². The summed E-state index contributed by atoms with van der Waals surface area (Å²) in [6.07, 6.45) is 3.86. The summed E-state index contributed by atoms with van der Waals surface area (Å²) in [6.45, 7) is 6.60. The van der Waals surface area contributed by atoms with E-state index in [1.54, 1.807) is 14.2 Å². The van der Waals surface area contributed by atoms with Gasteiger partial charge in [0.05, 0.1) is 14.2 Å². The standard InChI is InChI=1S/C17H27NO2/c1-5-18-12-17(10-6-7-13(17)2)14-8-9-15(19-3)16(11-14)20-4/h8-9,11,13,18H,5-7,10,12H2,1-4H3. The molecule has 3 heteroatoms. The molecule has 0 radical (unpaired) electrons. The zero-order valence-electron chi connectivity index (χ0n) is 13.2. The fourth-order valence-corrected chi connectivity index (χ4v) is 3.53. The van der Waals surface area contributed by atoms with Gasteiger partial charge in [-0.1, -0.05) is 26.3 Å². The molecular formula is C17H27NO2. The van der Waals surface area contributed by atoms with Crippen molar-refractivity contribution in [2.75, 3.05) is 27.3 Å². The van der Waals surface area contributed by atoms with Gasteiger partial charge >= 0.3 is 0 Å². The van der Waals surface area contributed by atoms with Gasteiger partial charge in [-0.15, -0.1) is 0 Å². The van der Waals surface area contributed by atoms with Crippen molar-refractivity contribution < 1.29 is 9.47 Å². The smallest absolute Gasteiger partial charge is 0.161 e. The predicted octanol–water partition coefficient (Wildman–Crippen LogP) is 3.37. The summed E-state index contributed by atoms with van der Waals surface area (Å²) in [7, 11) is 3.39. The first-order chi connectivity index (χ1) is 9.67. The third-order valence-corrected chi connectivity index (χ3v) is 4.85. The van der Waals surface area contributed by atoms with Gasteiger partial charge in [0.2, 0.25) is 0 Å². The molecule has 0 aliphatic heterocycles. The van der Waals surface area contributed by atoms with Crippen molar-refractivity contribution in [3.05, 3.63) is 23.8 Å². The maximum atomic E-state index is 5.48. The lowest BCUT2D eigenvalue weighted by Gasteiger charge is -2.35. The normalized spacial score (nSPS) is 25.7. The Bertz CT molecular complexity index is 447. The van der Waals surface area contributed by atoms with E-state index in [1.165, 1.54) is 24.8 Å². The molecule has 1 aromatic carbocycles. The Kier molecular flexibility index (Phi) is 4.92. The molecule has 1 aromatic rings. The molecule has 1 saturated carbocycles. The van der Waals surface area contributed by atoms with Gasteiger partial charge in [-0.2, -0.15) is 0 Å². The van der Waals surface area contributed by atoms with Crippen LogP contribution in [0.3, 0.4) is 0 Å². The van der Waals surface area contributed by atoms with Gasteiger partial charge in [-0.25, -0.2) is 0 Å². The lowest BCUT2D eigenvalue weighted by Crippen LogP contribution is -2.40. The van der Waals surface area contributed by atoms with E-state index in [2.05, 4.69) is 31.3 Å². The number of nitrogens with one attached hydrogen (secondary N) is 1. The van der Waals surface area contributed by atoms with Crippen LogP contribution in [0.2, 0.25) is 0 Å². The first-order valence-electron chi connectivity index (χ1n) is 7.61. The highest BCUT2D eigenvalue weighted by Gasteiger charge is 2.41. The summed E-state index contributed by atoms with van der Waals surface area (Å²) in [4.78, 5) is 0. The third kappa shape index (κ3) is 2.64. The van der Waals surface area contributed by atoms with Crippen LogP contribution in [0.25, 0.3) is 0 Å². The van der Waals surface area contributed by atoms with E-state index in [-0.39, 0.29) is 5.41 Å². The number of ether oxygens (including phenoxy) is 2. The average Bonchev–Trinajstić information content (AvgIpc) is 2.86. The number of methoxy groups -OCH3 is 2. The predicted molar refractivity (Wildman–Crippen MR) is 82.8 cm³/mol. The summed E-state index contributed by atoms with van der Waals surface area (Å²) in [6, 6.07) is 6.41. The lowest BCUT2D eigenvalue weighted by molar-refractivity contribution is 0.315. The van der Waals surface area contributed by atoms with Crippen molar-refractivity contribution >= 4 is 0 Å². The molecule has 1 N–H and O–H groups in total. The maximum Gasteiger partial charge on any atom is 0.161 e. The van der Waals surface area contributed by atoms with Crippen molar-refractivity contribution in [3.63, 3.8) is 0 Å². The van der Waals surface area contributed by atoms with E-state index in [9.17, 15) is 0 Å². The van der Waals surface area contributed by atoms with Crippen LogP contribution < -0.4 is 14.8 Å². The summed E-state index contributed by atoms with van der Waals surface area (Å²) in [5.74, 6) is 2.33. The molecule has 0 heterocycles. The molecular weight excluding hydrogens is 250 g/mol. The zero-order chi connectivity index (χ0) is 14.6. The Morgan fingerprint density at radius 2 is 2.00 bits per heavy atom. The van der Waals surface area contributed by atoms with E-state index < -0.39 is 0 Å². The van der Waals surface area contributed by atoms with E-state index >= 15 is 0 Å². The molecule has 0 saturated heterocycles. The van der Waals surface area contributed by atoms with Crippen molar-refractivity contribution in [1.82, 2.24) is 5.32 Å². The van der Waals surface area contributed by atoms with Crippen LogP contribution in [0, 0.1) is 5.92 Å². The van der Waals surface area contributed by atoms with Crippen LogP contribution in [-0.4, -0.2) is 27.3 Å². The molecule has 0 bridgehead atoms. The molecule has 1 aliphatic carbocycles. The number of benzene rings is 1. The lowest BCUT2D eigenvalue weighted by atomic mass is 9.72. The van der Waals surface area contributed by atoms with E-state index in [0.717, 1.165) is 24.6 Å². The van der Waals surface area contributed by atoms with Crippen LogP contribution in [0.1, 0.15) is 38.7 Å². The molecule has 2 atom stereocenters. The molecule has 1 aliphatic rings. The second-order valence-electron chi connectivity index (χ2n) is 5.80. The molecule has 1 fully saturated rings. The summed E-state index contributed by atoms with van der Waals surface area (Å²) in [5.41, 5.74) is 1.61. The second-order valence-corrected chi connectivity index (χ2v) is 5.80. The summed E-state index contributed by atoms with van der Waals surface area (Å²) < 4.78 is 10.8. The number of hydrogen-bond acceptors (Lipinski definition) is 3. The SMILES string of the molecule is CCNCC1(c2ccc(OC)c(OC)c2)CCCC1C. The minimum absolute atomic E-state index is 0.232. The van der Waals surface area contributed by atoms with Gasteiger partial charge in [0.1, 0.15) is 0 Å². The Balaban J connectivity index is 2.38. The van der Waals surface area contributed by atoms with E-state index in [0.29, 0.717) is 5.92 Å². The van der Waals surface area contributed by atoms with Crippen molar-refractivity contribution in [2.24, 2.45) is 5.92 Å². The highest BCUT2D eigenvalue weighted by Crippen LogP contribution is 2.46. The van der Waals surface area contributed by atoms with Crippen molar-refractivity contribution in [2.45, 2.75) is 38.5 Å². The molecule has 112 valence electrons. The minimum atomic E-state index is 0.232. The Labute approximate surface area is 122 Å². The first-order valence-corrected chi connectivity index (χ1v) is 7.61. The number of likely N-dealkylation sites (N-methyl/N-ethyl adjacent to an activating group) is 1. The van der Waals surface area contributed by atoms with Crippen LogP contribution in [0.5, 0.6) is 11.5 Å².